The summed E-state index contributed by atoms with van der Waals surface area (Å²) < 4.78 is 14.6. The Balaban J connectivity index is 2.97. The molecule has 0 aliphatic heterocycles. The van der Waals surface area contributed by atoms with Gasteiger partial charge >= 0.3 is 0 Å². The third-order valence-electron chi connectivity index (χ3n) is 3.51. The van der Waals surface area contributed by atoms with E-state index in [1.54, 1.807) is 6.07 Å². The zero-order valence-electron chi connectivity index (χ0n) is 9.89. The van der Waals surface area contributed by atoms with Crippen LogP contribution in [0.2, 0.25) is 0 Å². The fraction of sp³-hybridized carbons (Fsp3) is 0.538. The summed E-state index contributed by atoms with van der Waals surface area (Å²) in [6.07, 6.45) is 2.67. The number of rotatable bonds is 5. The minimum Gasteiger partial charge on any atom is -0.330 e. The van der Waals surface area contributed by atoms with Gasteiger partial charge in [0.2, 0.25) is 0 Å². The quantitative estimate of drug-likeness (QED) is 0.873. The zero-order valence-corrected chi connectivity index (χ0v) is 11.5. The van der Waals surface area contributed by atoms with E-state index in [1.165, 1.54) is 6.07 Å². The molecule has 0 amide bonds. The molecule has 90 valence electrons. The Morgan fingerprint density at radius 1 is 1.31 bits per heavy atom. The van der Waals surface area contributed by atoms with Crippen LogP contribution in [-0.2, 0) is 6.42 Å². The Morgan fingerprint density at radius 3 is 2.44 bits per heavy atom. The third-order valence-corrected chi connectivity index (χ3v) is 4.00. The summed E-state index contributed by atoms with van der Waals surface area (Å²) in [7, 11) is 0. The summed E-state index contributed by atoms with van der Waals surface area (Å²) in [5.74, 6) is -0.136. The Bertz CT molecular complexity index is 340. The monoisotopic (exact) mass is 287 g/mol. The zero-order chi connectivity index (χ0) is 12.2. The Hall–Kier alpha value is -0.410. The first-order chi connectivity index (χ1) is 7.56. The van der Waals surface area contributed by atoms with Crippen molar-refractivity contribution in [2.75, 3.05) is 6.54 Å². The average Bonchev–Trinajstić information content (AvgIpc) is 2.31. The van der Waals surface area contributed by atoms with Crippen molar-refractivity contribution in [3.8, 4) is 0 Å². The lowest BCUT2D eigenvalue weighted by atomic mass is 9.77. The first kappa shape index (κ1) is 13.7. The Morgan fingerprint density at radius 2 is 1.94 bits per heavy atom. The van der Waals surface area contributed by atoms with Crippen LogP contribution in [0.15, 0.2) is 22.7 Å². The molecule has 1 nitrogen and oxygen atoms in total. The number of hydrogen-bond acceptors (Lipinski definition) is 1. The second kappa shape index (κ2) is 5.78. The molecule has 1 rings (SSSR count). The van der Waals surface area contributed by atoms with Gasteiger partial charge in [-0.3, -0.25) is 0 Å². The van der Waals surface area contributed by atoms with Gasteiger partial charge in [-0.25, -0.2) is 4.39 Å². The molecule has 0 bridgehead atoms. The van der Waals surface area contributed by atoms with Gasteiger partial charge in [0, 0.05) is 4.47 Å². The summed E-state index contributed by atoms with van der Waals surface area (Å²) in [6, 6.07) is 5.08. The van der Waals surface area contributed by atoms with Gasteiger partial charge in [-0.15, -0.1) is 0 Å². The van der Waals surface area contributed by atoms with Crippen LogP contribution >= 0.6 is 15.9 Å². The molecule has 2 N–H and O–H groups in total. The predicted molar refractivity (Wildman–Crippen MR) is 69.9 cm³/mol. The van der Waals surface area contributed by atoms with E-state index in [2.05, 4.69) is 29.8 Å². The molecule has 1 aromatic rings. The van der Waals surface area contributed by atoms with Crippen LogP contribution in [0.25, 0.3) is 0 Å². The minimum atomic E-state index is -0.136. The van der Waals surface area contributed by atoms with Gasteiger partial charge in [0.05, 0.1) is 0 Å². The highest BCUT2D eigenvalue weighted by Gasteiger charge is 2.25. The van der Waals surface area contributed by atoms with E-state index in [4.69, 9.17) is 5.73 Å². The van der Waals surface area contributed by atoms with E-state index >= 15 is 0 Å². The SMILES string of the molecule is CCC(CC)(CN)Cc1cc(Br)ccc1F. The normalized spacial score (nSPS) is 11.8. The maximum atomic E-state index is 13.6. The van der Waals surface area contributed by atoms with Crippen molar-refractivity contribution in [1.29, 1.82) is 0 Å². The van der Waals surface area contributed by atoms with Crippen LogP contribution in [0.1, 0.15) is 32.3 Å². The Kier molecular flexibility index (Phi) is 4.93. The summed E-state index contributed by atoms with van der Waals surface area (Å²) in [6.45, 7) is 4.84. The van der Waals surface area contributed by atoms with E-state index in [-0.39, 0.29) is 11.2 Å². The van der Waals surface area contributed by atoms with Crippen LogP contribution in [0.5, 0.6) is 0 Å². The molecule has 0 radical (unpaired) electrons. The van der Waals surface area contributed by atoms with Gasteiger partial charge in [-0.1, -0.05) is 29.8 Å². The van der Waals surface area contributed by atoms with Crippen LogP contribution < -0.4 is 5.73 Å². The molecule has 16 heavy (non-hydrogen) atoms. The van der Waals surface area contributed by atoms with Crippen molar-refractivity contribution in [3.05, 3.63) is 34.1 Å². The molecule has 0 heterocycles. The minimum absolute atomic E-state index is 0.0294. The maximum absolute atomic E-state index is 13.6. The summed E-state index contributed by atoms with van der Waals surface area (Å²) in [5.41, 5.74) is 6.61. The van der Waals surface area contributed by atoms with Crippen LogP contribution in [-0.4, -0.2) is 6.54 Å². The van der Waals surface area contributed by atoms with Gasteiger partial charge in [-0.2, -0.15) is 0 Å². The fourth-order valence-electron chi connectivity index (χ4n) is 1.94. The first-order valence-electron chi connectivity index (χ1n) is 5.71. The smallest absolute Gasteiger partial charge is 0.126 e. The molecule has 1 aromatic carbocycles. The van der Waals surface area contributed by atoms with E-state index in [0.717, 1.165) is 22.9 Å². The Labute approximate surface area is 105 Å². The standard InChI is InChI=1S/C13H19BrFN/c1-3-13(4-2,9-16)8-10-7-11(14)5-6-12(10)15/h5-7H,3-4,8-9,16H2,1-2H3. The topological polar surface area (TPSA) is 26.0 Å². The van der Waals surface area contributed by atoms with Crippen molar-refractivity contribution in [1.82, 2.24) is 0 Å². The molecule has 0 aromatic heterocycles. The summed E-state index contributed by atoms with van der Waals surface area (Å²) >= 11 is 3.37. The lowest BCUT2D eigenvalue weighted by molar-refractivity contribution is 0.268. The van der Waals surface area contributed by atoms with Crippen molar-refractivity contribution in [2.45, 2.75) is 33.1 Å². The highest BCUT2D eigenvalue weighted by Crippen LogP contribution is 2.31. The molecular weight excluding hydrogens is 269 g/mol. The number of hydrogen-bond donors (Lipinski definition) is 1. The molecule has 0 unspecified atom stereocenters. The lowest BCUT2D eigenvalue weighted by Crippen LogP contribution is -2.31. The molecule has 0 saturated carbocycles. The largest absolute Gasteiger partial charge is 0.330 e. The van der Waals surface area contributed by atoms with Gasteiger partial charge in [0.15, 0.2) is 0 Å². The summed E-state index contributed by atoms with van der Waals surface area (Å²) in [4.78, 5) is 0. The molecule has 0 atom stereocenters. The van der Waals surface area contributed by atoms with Gasteiger partial charge in [0.1, 0.15) is 5.82 Å². The molecule has 3 heteroatoms. The molecule has 0 saturated heterocycles. The highest BCUT2D eigenvalue weighted by molar-refractivity contribution is 9.10. The van der Waals surface area contributed by atoms with E-state index < -0.39 is 0 Å². The average molecular weight is 288 g/mol. The predicted octanol–water partition coefficient (Wildman–Crippen LogP) is 3.90. The third kappa shape index (κ3) is 3.05. The van der Waals surface area contributed by atoms with E-state index in [1.807, 2.05) is 6.07 Å². The number of benzene rings is 1. The van der Waals surface area contributed by atoms with Crippen molar-refractivity contribution < 1.29 is 4.39 Å². The van der Waals surface area contributed by atoms with Crippen molar-refractivity contribution >= 4 is 15.9 Å². The molecule has 0 spiro atoms. The lowest BCUT2D eigenvalue weighted by Gasteiger charge is -2.30. The second-order valence-corrected chi connectivity index (χ2v) is 5.24. The molecule has 0 fully saturated rings. The van der Waals surface area contributed by atoms with Gasteiger partial charge in [0.25, 0.3) is 0 Å². The van der Waals surface area contributed by atoms with Crippen molar-refractivity contribution in [2.24, 2.45) is 11.1 Å². The fourth-order valence-corrected chi connectivity index (χ4v) is 2.35. The molecule has 0 aliphatic rings. The van der Waals surface area contributed by atoms with Crippen LogP contribution in [0.3, 0.4) is 0 Å². The number of halogens is 2. The maximum Gasteiger partial charge on any atom is 0.126 e. The van der Waals surface area contributed by atoms with Gasteiger partial charge in [-0.05, 0) is 55.0 Å². The second-order valence-electron chi connectivity index (χ2n) is 4.32. The van der Waals surface area contributed by atoms with E-state index in [9.17, 15) is 4.39 Å². The van der Waals surface area contributed by atoms with Crippen LogP contribution in [0.4, 0.5) is 4.39 Å². The van der Waals surface area contributed by atoms with E-state index in [0.29, 0.717) is 13.0 Å². The van der Waals surface area contributed by atoms with Gasteiger partial charge < -0.3 is 5.73 Å². The van der Waals surface area contributed by atoms with Crippen molar-refractivity contribution in [3.63, 3.8) is 0 Å². The molecule has 0 aliphatic carbocycles. The first-order valence-corrected chi connectivity index (χ1v) is 6.50. The summed E-state index contributed by atoms with van der Waals surface area (Å²) in [5, 5.41) is 0. The highest BCUT2D eigenvalue weighted by atomic mass is 79.9. The molecular formula is C13H19BrFN. The number of nitrogens with two attached hydrogens (primary N) is 1. The van der Waals surface area contributed by atoms with Crippen LogP contribution in [0, 0.1) is 11.2 Å².